The van der Waals surface area contributed by atoms with Gasteiger partial charge in [0, 0.05) is 12.0 Å². The van der Waals surface area contributed by atoms with Crippen LogP contribution in [-0.4, -0.2) is 60.2 Å². The zero-order valence-electron chi connectivity index (χ0n) is 23.2. The average molecular weight is 510 g/mol. The molecule has 0 bridgehead atoms. The number of aliphatic hydroxyl groups excluding tert-OH is 1. The van der Waals surface area contributed by atoms with Crippen molar-refractivity contribution in [1.29, 1.82) is 0 Å². The lowest BCUT2D eigenvalue weighted by Gasteiger charge is -2.62. The van der Waals surface area contributed by atoms with Crippen LogP contribution in [0.1, 0.15) is 83.6 Å². The summed E-state index contributed by atoms with van der Waals surface area (Å²) in [5, 5.41) is 23.2. The number of allylic oxidation sites excluding steroid dienone is 1. The summed E-state index contributed by atoms with van der Waals surface area (Å²) in [7, 11) is 1.71. The summed E-state index contributed by atoms with van der Waals surface area (Å²) in [5.41, 5.74) is 1.08. The van der Waals surface area contributed by atoms with Crippen molar-refractivity contribution in [3.63, 3.8) is 0 Å². The van der Waals surface area contributed by atoms with Gasteiger partial charge in [0.2, 0.25) is 0 Å². The van der Waals surface area contributed by atoms with Crippen molar-refractivity contribution >= 4 is 0 Å². The number of methoxy groups -OCH3 is 1. The van der Waals surface area contributed by atoms with Gasteiger partial charge in [0.25, 0.3) is 0 Å². The zero-order valence-corrected chi connectivity index (χ0v) is 23.2. The van der Waals surface area contributed by atoms with Crippen molar-refractivity contribution in [2.45, 2.75) is 95.4 Å². The molecule has 1 saturated heterocycles. The highest BCUT2D eigenvalue weighted by Crippen LogP contribution is 2.71. The van der Waals surface area contributed by atoms with E-state index < -0.39 is 11.2 Å². The van der Waals surface area contributed by atoms with Crippen LogP contribution < -0.4 is 4.74 Å². The maximum Gasteiger partial charge on any atom is 0.118 e. The molecule has 1 heterocycles. The number of fused-ring (bicyclic) bond motifs is 5. The summed E-state index contributed by atoms with van der Waals surface area (Å²) in [5.74, 6) is 1.56. The Morgan fingerprint density at radius 3 is 2.46 bits per heavy atom. The van der Waals surface area contributed by atoms with E-state index in [1.54, 1.807) is 7.11 Å². The molecule has 5 aliphatic rings. The second-order valence-corrected chi connectivity index (χ2v) is 13.2. The summed E-state index contributed by atoms with van der Waals surface area (Å²) < 4.78 is 12.6. The topological polar surface area (TPSA) is 62.2 Å². The second-order valence-electron chi connectivity index (χ2n) is 13.2. The molecule has 0 spiro atoms. The van der Waals surface area contributed by atoms with Gasteiger partial charge in [-0.1, -0.05) is 37.6 Å². The Labute approximate surface area is 223 Å². The fraction of sp³-hybridized carbons (Fsp3) is 0.750. The van der Waals surface area contributed by atoms with Gasteiger partial charge < -0.3 is 24.6 Å². The molecular formula is C32H47NO4. The normalized spacial score (nSPS) is 43.6. The fourth-order valence-electron chi connectivity index (χ4n) is 9.60. The summed E-state index contributed by atoms with van der Waals surface area (Å²) in [6, 6.07) is 8.47. The number of hydrogen-bond acceptors (Lipinski definition) is 5. The molecule has 4 aliphatic carbocycles. The SMILES string of the molecule is COc1ccc([C@@]2(OCCN3CCCC3)CC[C@]3(O)[C@@H]4CC=C5C[C@@H](O)CC[C@]5(C)[C@H]4CC[C@]23C)cc1. The lowest BCUT2D eigenvalue weighted by Crippen LogP contribution is -2.63. The first-order chi connectivity index (χ1) is 17.8. The van der Waals surface area contributed by atoms with Gasteiger partial charge in [0.1, 0.15) is 11.4 Å². The van der Waals surface area contributed by atoms with E-state index in [4.69, 9.17) is 9.47 Å². The van der Waals surface area contributed by atoms with Crippen LogP contribution in [0.25, 0.3) is 0 Å². The maximum absolute atomic E-state index is 12.8. The molecule has 0 amide bonds. The quantitative estimate of drug-likeness (QED) is 0.500. The minimum absolute atomic E-state index is 0.0984. The van der Waals surface area contributed by atoms with Gasteiger partial charge in [0.05, 0.1) is 25.4 Å². The molecule has 1 aliphatic heterocycles. The van der Waals surface area contributed by atoms with Crippen molar-refractivity contribution in [2.24, 2.45) is 22.7 Å². The molecule has 7 atom stereocenters. The summed E-state index contributed by atoms with van der Waals surface area (Å²) in [4.78, 5) is 2.52. The first-order valence-corrected chi connectivity index (χ1v) is 14.9. The van der Waals surface area contributed by atoms with E-state index in [1.807, 2.05) is 0 Å². The van der Waals surface area contributed by atoms with Gasteiger partial charge >= 0.3 is 0 Å². The Bertz CT molecular complexity index is 1020. The zero-order chi connectivity index (χ0) is 25.9. The lowest BCUT2D eigenvalue weighted by atomic mass is 9.45. The summed E-state index contributed by atoms with van der Waals surface area (Å²) in [6.07, 6.45) is 12.1. The molecule has 5 nitrogen and oxygen atoms in total. The van der Waals surface area contributed by atoms with Crippen LogP contribution in [-0.2, 0) is 10.3 Å². The minimum atomic E-state index is -0.773. The average Bonchev–Trinajstić information content (AvgIpc) is 3.50. The highest BCUT2D eigenvalue weighted by Gasteiger charge is 2.72. The molecule has 0 radical (unpaired) electrons. The number of benzene rings is 1. The van der Waals surface area contributed by atoms with Gasteiger partial charge in [-0.3, -0.25) is 0 Å². The number of nitrogens with zero attached hydrogens (tertiary/aromatic N) is 1. The van der Waals surface area contributed by atoms with Crippen molar-refractivity contribution in [3.05, 3.63) is 41.5 Å². The summed E-state index contributed by atoms with van der Waals surface area (Å²) >= 11 is 0. The van der Waals surface area contributed by atoms with Crippen molar-refractivity contribution in [2.75, 3.05) is 33.4 Å². The van der Waals surface area contributed by atoms with E-state index in [2.05, 4.69) is 49.1 Å². The predicted octanol–water partition coefficient (Wildman–Crippen LogP) is 5.44. The Morgan fingerprint density at radius 1 is 0.973 bits per heavy atom. The number of hydrogen-bond donors (Lipinski definition) is 2. The molecule has 37 heavy (non-hydrogen) atoms. The first kappa shape index (κ1) is 25.9. The Kier molecular flexibility index (Phi) is 6.54. The monoisotopic (exact) mass is 509 g/mol. The standard InChI is InChI=1S/C32H47NO4/c1-29-14-12-25(34)22-24(29)8-11-28-27(29)13-15-30(2)31(28,35)16-17-32(30,23-6-9-26(36-3)10-7-23)37-21-20-33-18-4-5-19-33/h6-10,25,27-28,34-35H,4-5,11-22H2,1-3H3/t25-,27-,28+,29-,30-,31-,32-/m0/s1. The van der Waals surface area contributed by atoms with E-state index in [0.29, 0.717) is 12.5 Å². The maximum atomic E-state index is 12.8. The highest BCUT2D eigenvalue weighted by atomic mass is 16.5. The molecule has 204 valence electrons. The first-order valence-electron chi connectivity index (χ1n) is 14.9. The van der Waals surface area contributed by atoms with Crippen LogP contribution in [0.2, 0.25) is 0 Å². The van der Waals surface area contributed by atoms with Crippen LogP contribution in [0.3, 0.4) is 0 Å². The Hall–Kier alpha value is -1.40. The number of ether oxygens (including phenoxy) is 2. The molecule has 0 unspecified atom stereocenters. The molecule has 1 aromatic carbocycles. The highest BCUT2D eigenvalue weighted by molar-refractivity contribution is 5.38. The van der Waals surface area contributed by atoms with Gasteiger partial charge in [0.15, 0.2) is 0 Å². The molecule has 2 N–H and O–H groups in total. The van der Waals surface area contributed by atoms with Crippen LogP contribution in [0.15, 0.2) is 35.9 Å². The van der Waals surface area contributed by atoms with Crippen LogP contribution >= 0.6 is 0 Å². The minimum Gasteiger partial charge on any atom is -0.497 e. The molecule has 0 aromatic heterocycles. The predicted molar refractivity (Wildman–Crippen MR) is 145 cm³/mol. The third-order valence-corrected chi connectivity index (χ3v) is 11.9. The molecule has 1 aromatic rings. The Morgan fingerprint density at radius 2 is 1.73 bits per heavy atom. The molecule has 3 saturated carbocycles. The number of aliphatic hydroxyl groups is 2. The van der Waals surface area contributed by atoms with Crippen LogP contribution in [0.5, 0.6) is 5.75 Å². The molecule has 5 heteroatoms. The number of rotatable bonds is 6. The number of likely N-dealkylation sites (tertiary alicyclic amines) is 1. The third kappa shape index (κ3) is 3.78. The third-order valence-electron chi connectivity index (χ3n) is 11.9. The smallest absolute Gasteiger partial charge is 0.118 e. The molecule has 4 fully saturated rings. The van der Waals surface area contributed by atoms with E-state index in [0.717, 1.165) is 63.7 Å². The largest absolute Gasteiger partial charge is 0.497 e. The van der Waals surface area contributed by atoms with Crippen LogP contribution in [0, 0.1) is 22.7 Å². The van der Waals surface area contributed by atoms with E-state index in [9.17, 15) is 10.2 Å². The van der Waals surface area contributed by atoms with E-state index in [-0.39, 0.29) is 22.9 Å². The molecule has 6 rings (SSSR count). The lowest BCUT2D eigenvalue weighted by molar-refractivity contribution is -0.232. The Balaban J connectivity index is 1.35. The van der Waals surface area contributed by atoms with E-state index >= 15 is 0 Å². The van der Waals surface area contributed by atoms with Crippen LogP contribution in [0.4, 0.5) is 0 Å². The van der Waals surface area contributed by atoms with Crippen molar-refractivity contribution < 1.29 is 19.7 Å². The molecular weight excluding hydrogens is 462 g/mol. The fourth-order valence-corrected chi connectivity index (χ4v) is 9.60. The van der Waals surface area contributed by atoms with Crippen molar-refractivity contribution in [3.8, 4) is 5.75 Å². The van der Waals surface area contributed by atoms with Gasteiger partial charge in [-0.2, -0.15) is 0 Å². The van der Waals surface area contributed by atoms with Gasteiger partial charge in [-0.15, -0.1) is 0 Å². The second kappa shape index (κ2) is 9.36. The van der Waals surface area contributed by atoms with Gasteiger partial charge in [-0.25, -0.2) is 0 Å². The van der Waals surface area contributed by atoms with Crippen molar-refractivity contribution in [1.82, 2.24) is 4.90 Å². The van der Waals surface area contributed by atoms with E-state index in [1.165, 1.54) is 37.1 Å². The van der Waals surface area contributed by atoms with Gasteiger partial charge in [-0.05, 0) is 112 Å². The summed E-state index contributed by atoms with van der Waals surface area (Å²) in [6.45, 7) is 8.77.